The van der Waals surface area contributed by atoms with Crippen molar-refractivity contribution in [3.05, 3.63) is 39.7 Å². The molecule has 1 aliphatic heterocycles. The lowest BCUT2D eigenvalue weighted by atomic mass is 10.0. The number of nitriles is 1. The van der Waals surface area contributed by atoms with Crippen LogP contribution in [-0.2, 0) is 6.42 Å². The minimum atomic E-state index is -0.316. The van der Waals surface area contributed by atoms with Gasteiger partial charge in [0.2, 0.25) is 0 Å². The normalized spacial score (nSPS) is 13.8. The predicted molar refractivity (Wildman–Crippen MR) is 66.1 cm³/mol. The van der Waals surface area contributed by atoms with Crippen molar-refractivity contribution >= 4 is 16.6 Å². The van der Waals surface area contributed by atoms with E-state index < -0.39 is 0 Å². The van der Waals surface area contributed by atoms with E-state index >= 15 is 0 Å². The van der Waals surface area contributed by atoms with Gasteiger partial charge in [0.15, 0.2) is 0 Å². The number of hydrogen-bond donors (Lipinski definition) is 2. The fraction of sp³-hybridized carbons (Fsp3) is 0.231. The predicted octanol–water partition coefficient (Wildman–Crippen LogP) is 1.76. The van der Waals surface area contributed by atoms with Gasteiger partial charge in [0.05, 0.1) is 0 Å². The number of pyridine rings is 1. The molecule has 0 bridgehead atoms. The monoisotopic (exact) mass is 225 g/mol. The Morgan fingerprint density at radius 3 is 3.00 bits per heavy atom. The second-order valence-corrected chi connectivity index (χ2v) is 4.25. The van der Waals surface area contributed by atoms with Crippen LogP contribution in [0.3, 0.4) is 0 Å². The zero-order valence-electron chi connectivity index (χ0n) is 9.21. The number of anilines is 1. The highest BCUT2D eigenvalue weighted by Crippen LogP contribution is 2.26. The average Bonchev–Trinajstić information content (AvgIpc) is 2.35. The lowest BCUT2D eigenvalue weighted by molar-refractivity contribution is 0.831. The van der Waals surface area contributed by atoms with Crippen molar-refractivity contribution in [3.8, 4) is 6.07 Å². The third-order valence-corrected chi connectivity index (χ3v) is 3.13. The third-order valence-electron chi connectivity index (χ3n) is 3.13. The quantitative estimate of drug-likeness (QED) is 0.717. The maximum atomic E-state index is 11.5. The van der Waals surface area contributed by atoms with Crippen LogP contribution in [0.2, 0.25) is 0 Å². The molecule has 4 heteroatoms. The molecule has 1 aromatic heterocycles. The largest absolute Gasteiger partial charge is 0.385 e. The van der Waals surface area contributed by atoms with Gasteiger partial charge in [0, 0.05) is 23.1 Å². The highest BCUT2D eigenvalue weighted by Gasteiger charge is 2.11. The summed E-state index contributed by atoms with van der Waals surface area (Å²) in [5.41, 5.74) is 2.98. The van der Waals surface area contributed by atoms with Gasteiger partial charge in [-0.25, -0.2) is 0 Å². The number of aryl methyl sites for hydroxylation is 1. The fourth-order valence-electron chi connectivity index (χ4n) is 2.26. The molecule has 17 heavy (non-hydrogen) atoms. The van der Waals surface area contributed by atoms with Gasteiger partial charge in [-0.1, -0.05) is 0 Å². The minimum absolute atomic E-state index is 0.160. The molecule has 2 aromatic rings. The number of nitrogens with zero attached hydrogens (tertiary/aromatic N) is 1. The van der Waals surface area contributed by atoms with E-state index in [1.165, 1.54) is 5.56 Å². The van der Waals surface area contributed by atoms with Crippen molar-refractivity contribution in [2.24, 2.45) is 0 Å². The second-order valence-electron chi connectivity index (χ2n) is 4.25. The van der Waals surface area contributed by atoms with Crippen LogP contribution in [-0.4, -0.2) is 11.5 Å². The van der Waals surface area contributed by atoms with Crippen LogP contribution < -0.4 is 10.9 Å². The zero-order valence-corrected chi connectivity index (χ0v) is 9.21. The summed E-state index contributed by atoms with van der Waals surface area (Å²) in [6.45, 7) is 0.979. The maximum absolute atomic E-state index is 11.5. The van der Waals surface area contributed by atoms with Gasteiger partial charge in [0.1, 0.15) is 11.6 Å². The van der Waals surface area contributed by atoms with Crippen molar-refractivity contribution in [2.45, 2.75) is 12.8 Å². The summed E-state index contributed by atoms with van der Waals surface area (Å²) in [6, 6.07) is 7.55. The van der Waals surface area contributed by atoms with Crippen LogP contribution in [0.25, 0.3) is 10.9 Å². The first-order valence-electron chi connectivity index (χ1n) is 5.62. The van der Waals surface area contributed by atoms with Gasteiger partial charge in [-0.05, 0) is 36.6 Å². The Hall–Kier alpha value is -2.28. The Kier molecular flexibility index (Phi) is 2.12. The van der Waals surface area contributed by atoms with Crippen molar-refractivity contribution in [1.82, 2.24) is 4.98 Å². The first-order valence-corrected chi connectivity index (χ1v) is 5.62. The summed E-state index contributed by atoms with van der Waals surface area (Å²) in [7, 11) is 0. The van der Waals surface area contributed by atoms with Crippen molar-refractivity contribution < 1.29 is 0 Å². The van der Waals surface area contributed by atoms with E-state index in [2.05, 4.69) is 10.3 Å². The SMILES string of the molecule is N#Cc1cc2cc3c(cc2[nH]c1=O)CCCN3. The van der Waals surface area contributed by atoms with Crippen molar-refractivity contribution in [2.75, 3.05) is 11.9 Å². The summed E-state index contributed by atoms with van der Waals surface area (Å²) < 4.78 is 0. The Bertz CT molecular complexity index is 694. The molecule has 0 spiro atoms. The third kappa shape index (κ3) is 1.56. The summed E-state index contributed by atoms with van der Waals surface area (Å²) >= 11 is 0. The summed E-state index contributed by atoms with van der Waals surface area (Å²) in [5, 5.41) is 13.1. The van der Waals surface area contributed by atoms with Gasteiger partial charge < -0.3 is 10.3 Å². The van der Waals surface area contributed by atoms with Gasteiger partial charge in [-0.2, -0.15) is 5.26 Å². The molecule has 1 aromatic carbocycles. The molecule has 2 N–H and O–H groups in total. The van der Waals surface area contributed by atoms with Crippen LogP contribution in [0.5, 0.6) is 0 Å². The molecule has 0 unspecified atom stereocenters. The lowest BCUT2D eigenvalue weighted by Gasteiger charge is -2.18. The Morgan fingerprint density at radius 2 is 2.18 bits per heavy atom. The van der Waals surface area contributed by atoms with Gasteiger partial charge in [-0.15, -0.1) is 0 Å². The number of nitrogens with one attached hydrogen (secondary N) is 2. The van der Waals surface area contributed by atoms with Crippen LogP contribution in [0.1, 0.15) is 17.5 Å². The number of H-pyrrole nitrogens is 1. The number of benzene rings is 1. The number of aromatic amines is 1. The fourth-order valence-corrected chi connectivity index (χ4v) is 2.26. The van der Waals surface area contributed by atoms with Gasteiger partial charge in [0.25, 0.3) is 5.56 Å². The highest BCUT2D eigenvalue weighted by molar-refractivity contribution is 5.85. The molecule has 0 atom stereocenters. The van der Waals surface area contributed by atoms with Gasteiger partial charge >= 0.3 is 0 Å². The molecule has 0 radical (unpaired) electrons. The van der Waals surface area contributed by atoms with Crippen molar-refractivity contribution in [3.63, 3.8) is 0 Å². The minimum Gasteiger partial charge on any atom is -0.385 e. The van der Waals surface area contributed by atoms with E-state index in [-0.39, 0.29) is 11.1 Å². The molecule has 2 heterocycles. The van der Waals surface area contributed by atoms with Crippen LogP contribution in [0, 0.1) is 11.3 Å². The maximum Gasteiger partial charge on any atom is 0.266 e. The summed E-state index contributed by atoms with van der Waals surface area (Å²) in [4.78, 5) is 14.3. The molecule has 4 nitrogen and oxygen atoms in total. The molecule has 84 valence electrons. The van der Waals surface area contributed by atoms with Crippen LogP contribution >= 0.6 is 0 Å². The van der Waals surface area contributed by atoms with E-state index in [9.17, 15) is 4.79 Å². The first kappa shape index (κ1) is 9.91. The molecule has 0 saturated carbocycles. The molecule has 0 saturated heterocycles. The Labute approximate surface area is 97.9 Å². The Morgan fingerprint density at radius 1 is 1.29 bits per heavy atom. The molecule has 1 aliphatic rings. The number of fused-ring (bicyclic) bond motifs is 2. The van der Waals surface area contributed by atoms with E-state index in [1.807, 2.05) is 18.2 Å². The average molecular weight is 225 g/mol. The number of aromatic nitrogens is 1. The van der Waals surface area contributed by atoms with E-state index in [4.69, 9.17) is 5.26 Å². The van der Waals surface area contributed by atoms with E-state index in [0.717, 1.165) is 36.0 Å². The van der Waals surface area contributed by atoms with Crippen LogP contribution in [0.4, 0.5) is 5.69 Å². The zero-order chi connectivity index (χ0) is 11.8. The first-order chi connectivity index (χ1) is 8.28. The smallest absolute Gasteiger partial charge is 0.266 e. The summed E-state index contributed by atoms with van der Waals surface area (Å²) in [6.07, 6.45) is 2.14. The topological polar surface area (TPSA) is 68.7 Å². The molecular formula is C13H11N3O. The lowest BCUT2D eigenvalue weighted by Crippen LogP contribution is -2.13. The molecule has 3 rings (SSSR count). The molecule has 0 amide bonds. The highest BCUT2D eigenvalue weighted by atomic mass is 16.1. The van der Waals surface area contributed by atoms with Crippen molar-refractivity contribution in [1.29, 1.82) is 5.26 Å². The molecule has 0 fully saturated rings. The molecular weight excluding hydrogens is 214 g/mol. The van der Waals surface area contributed by atoms with E-state index in [1.54, 1.807) is 6.07 Å². The van der Waals surface area contributed by atoms with E-state index in [0.29, 0.717) is 0 Å². The standard InChI is InChI=1S/C13H11N3O/c14-7-10-4-9-6-11-8(2-1-3-15-11)5-12(9)16-13(10)17/h4-6,15H,1-3H2,(H,16,17). The number of rotatable bonds is 0. The Balaban J connectivity index is 2.31. The number of hydrogen-bond acceptors (Lipinski definition) is 3. The van der Waals surface area contributed by atoms with Crippen LogP contribution in [0.15, 0.2) is 23.0 Å². The second kappa shape index (κ2) is 3.63. The van der Waals surface area contributed by atoms with Gasteiger partial charge in [-0.3, -0.25) is 4.79 Å². The molecule has 0 aliphatic carbocycles. The summed E-state index contributed by atoms with van der Waals surface area (Å²) in [5.74, 6) is 0.